The zero-order valence-corrected chi connectivity index (χ0v) is 10.1. The van der Waals surface area contributed by atoms with Gasteiger partial charge >= 0.3 is 24.5 Å². The number of halogens is 6. The van der Waals surface area contributed by atoms with E-state index in [2.05, 4.69) is 0 Å². The fraction of sp³-hybridized carbons (Fsp3) is 0.778. The van der Waals surface area contributed by atoms with Crippen molar-refractivity contribution in [1.82, 2.24) is 9.80 Å². The van der Waals surface area contributed by atoms with E-state index in [0.717, 1.165) is 0 Å². The summed E-state index contributed by atoms with van der Waals surface area (Å²) in [6.07, 6.45) is -15.2. The highest BCUT2D eigenvalue weighted by molar-refractivity contribution is 5.68. The van der Waals surface area contributed by atoms with Crippen molar-refractivity contribution in [2.75, 3.05) is 19.6 Å². The molecular weight excluding hydrogens is 314 g/mol. The first kappa shape index (κ1) is 17.2. The molecule has 1 fully saturated rings. The Balaban J connectivity index is 3.20. The van der Waals surface area contributed by atoms with Crippen molar-refractivity contribution in [3.05, 3.63) is 0 Å². The summed E-state index contributed by atoms with van der Waals surface area (Å²) < 4.78 is 76.0. The van der Waals surface area contributed by atoms with Crippen LogP contribution in [0.4, 0.5) is 35.9 Å². The maximum atomic E-state index is 12.7. The molecule has 12 heteroatoms. The van der Waals surface area contributed by atoms with E-state index in [9.17, 15) is 35.9 Å². The van der Waals surface area contributed by atoms with Crippen LogP contribution in [0.25, 0.3) is 0 Å². The molecule has 1 atom stereocenters. The number of hydrogen-bond acceptors (Lipinski definition) is 2. The molecule has 0 aromatic rings. The number of alkyl halides is 6. The van der Waals surface area contributed by atoms with Gasteiger partial charge in [0.15, 0.2) is 5.92 Å². The summed E-state index contributed by atoms with van der Waals surface area (Å²) in [6, 6.07) is -2.58. The zero-order valence-electron chi connectivity index (χ0n) is 10.1. The van der Waals surface area contributed by atoms with Crippen molar-refractivity contribution in [3.63, 3.8) is 0 Å². The molecule has 6 nitrogen and oxygen atoms in total. The fourth-order valence-electron chi connectivity index (χ4n) is 2.13. The highest BCUT2D eigenvalue weighted by atomic mass is 19.4. The molecule has 1 rings (SSSR count). The number of rotatable bonds is 1. The molecule has 122 valence electrons. The number of hydrogen-bond donors (Lipinski definition) is 2. The maximum Gasteiger partial charge on any atom is 0.407 e. The Morgan fingerprint density at radius 3 is 1.76 bits per heavy atom. The first-order valence-corrected chi connectivity index (χ1v) is 5.46. The second-order valence-corrected chi connectivity index (χ2v) is 4.33. The Labute approximate surface area is 113 Å². The number of carboxylic acid groups (broad SMARTS) is 2. The van der Waals surface area contributed by atoms with Gasteiger partial charge in [-0.25, -0.2) is 9.59 Å². The van der Waals surface area contributed by atoms with Crippen LogP contribution in [0.3, 0.4) is 0 Å². The third kappa shape index (κ3) is 3.82. The van der Waals surface area contributed by atoms with Gasteiger partial charge in [0, 0.05) is 19.6 Å². The van der Waals surface area contributed by atoms with Crippen molar-refractivity contribution >= 4 is 12.2 Å². The topological polar surface area (TPSA) is 81.1 Å². The first-order chi connectivity index (χ1) is 9.35. The van der Waals surface area contributed by atoms with E-state index in [4.69, 9.17) is 10.2 Å². The molecule has 21 heavy (non-hydrogen) atoms. The molecule has 0 saturated carbocycles. The third-order valence-corrected chi connectivity index (χ3v) is 3.02. The van der Waals surface area contributed by atoms with Crippen LogP contribution in [0.15, 0.2) is 0 Å². The van der Waals surface area contributed by atoms with E-state index in [0.29, 0.717) is 4.90 Å². The molecule has 0 aromatic carbocycles. The summed E-state index contributed by atoms with van der Waals surface area (Å²) in [5, 5.41) is 17.4. The number of carbonyl (C=O) groups is 2. The summed E-state index contributed by atoms with van der Waals surface area (Å²) in [4.78, 5) is 21.8. The number of nitrogens with zero attached hydrogens (tertiary/aromatic N) is 2. The van der Waals surface area contributed by atoms with Gasteiger partial charge in [-0.3, -0.25) is 0 Å². The molecular formula is C9H10F6N2O4. The molecule has 1 unspecified atom stereocenters. The summed E-state index contributed by atoms with van der Waals surface area (Å²) in [7, 11) is 0. The predicted octanol–water partition coefficient (Wildman–Crippen LogP) is 2.07. The minimum Gasteiger partial charge on any atom is -0.465 e. The van der Waals surface area contributed by atoms with Gasteiger partial charge in [-0.1, -0.05) is 0 Å². The Hall–Kier alpha value is -1.88. The SMILES string of the molecule is O=C(O)N1CCN(C(=O)O)C(C(C(F)(F)F)C(F)(F)F)C1. The zero-order chi connectivity index (χ0) is 16.6. The molecule has 0 aliphatic carbocycles. The van der Waals surface area contributed by atoms with Crippen LogP contribution >= 0.6 is 0 Å². The Morgan fingerprint density at radius 1 is 0.952 bits per heavy atom. The maximum absolute atomic E-state index is 12.7. The molecule has 1 aliphatic rings. The molecule has 1 saturated heterocycles. The lowest BCUT2D eigenvalue weighted by atomic mass is 9.94. The molecule has 0 spiro atoms. The number of piperazine rings is 1. The van der Waals surface area contributed by atoms with Gasteiger partial charge in [0.05, 0.1) is 6.04 Å². The van der Waals surface area contributed by atoms with E-state index in [1.807, 2.05) is 0 Å². The van der Waals surface area contributed by atoms with Crippen LogP contribution in [0.2, 0.25) is 0 Å². The predicted molar refractivity (Wildman–Crippen MR) is 53.7 cm³/mol. The molecule has 0 bridgehead atoms. The Bertz CT molecular complexity index is 409. The molecule has 2 N–H and O–H groups in total. The minimum absolute atomic E-state index is 0.0227. The molecule has 0 aromatic heterocycles. The number of amides is 2. The summed E-state index contributed by atoms with van der Waals surface area (Å²) in [6.45, 7) is -2.47. The quantitative estimate of drug-likeness (QED) is 0.724. The molecule has 1 heterocycles. The Morgan fingerprint density at radius 2 is 1.43 bits per heavy atom. The third-order valence-electron chi connectivity index (χ3n) is 3.02. The van der Waals surface area contributed by atoms with E-state index in [-0.39, 0.29) is 4.90 Å². The van der Waals surface area contributed by atoms with Crippen LogP contribution < -0.4 is 0 Å². The van der Waals surface area contributed by atoms with Crippen LogP contribution in [-0.4, -0.2) is 70.2 Å². The van der Waals surface area contributed by atoms with Gasteiger partial charge in [-0.05, 0) is 0 Å². The second-order valence-electron chi connectivity index (χ2n) is 4.33. The van der Waals surface area contributed by atoms with Gasteiger partial charge in [0.2, 0.25) is 0 Å². The lowest BCUT2D eigenvalue weighted by Gasteiger charge is -2.43. The van der Waals surface area contributed by atoms with Crippen LogP contribution in [0, 0.1) is 5.92 Å². The van der Waals surface area contributed by atoms with Crippen molar-refractivity contribution in [3.8, 4) is 0 Å². The second kappa shape index (κ2) is 5.48. The van der Waals surface area contributed by atoms with Crippen molar-refractivity contribution < 1.29 is 46.1 Å². The highest BCUT2D eigenvalue weighted by Crippen LogP contribution is 2.43. The van der Waals surface area contributed by atoms with Crippen LogP contribution in [0.5, 0.6) is 0 Å². The summed E-state index contributed by atoms with van der Waals surface area (Å²) in [5.74, 6) is -3.96. The first-order valence-electron chi connectivity index (χ1n) is 5.46. The minimum atomic E-state index is -5.75. The van der Waals surface area contributed by atoms with Crippen molar-refractivity contribution in [1.29, 1.82) is 0 Å². The normalized spacial score (nSPS) is 20.8. The van der Waals surface area contributed by atoms with Gasteiger partial charge in [0.1, 0.15) is 0 Å². The van der Waals surface area contributed by atoms with Crippen LogP contribution in [0.1, 0.15) is 0 Å². The van der Waals surface area contributed by atoms with Crippen molar-refractivity contribution in [2.45, 2.75) is 18.4 Å². The van der Waals surface area contributed by atoms with E-state index in [1.54, 1.807) is 0 Å². The van der Waals surface area contributed by atoms with Gasteiger partial charge < -0.3 is 20.0 Å². The highest BCUT2D eigenvalue weighted by Gasteiger charge is 2.63. The van der Waals surface area contributed by atoms with Crippen LogP contribution in [-0.2, 0) is 0 Å². The van der Waals surface area contributed by atoms with E-state index < -0.39 is 56.1 Å². The molecule has 0 radical (unpaired) electrons. The average molecular weight is 324 g/mol. The van der Waals surface area contributed by atoms with E-state index in [1.165, 1.54) is 0 Å². The van der Waals surface area contributed by atoms with Gasteiger partial charge in [-0.2, -0.15) is 26.3 Å². The average Bonchev–Trinajstić information content (AvgIpc) is 2.24. The molecule has 1 aliphatic heterocycles. The van der Waals surface area contributed by atoms with Gasteiger partial charge in [-0.15, -0.1) is 0 Å². The smallest absolute Gasteiger partial charge is 0.407 e. The monoisotopic (exact) mass is 324 g/mol. The van der Waals surface area contributed by atoms with E-state index >= 15 is 0 Å². The van der Waals surface area contributed by atoms with Gasteiger partial charge in [0.25, 0.3) is 0 Å². The Kier molecular flexibility index (Phi) is 4.48. The molecule has 2 amide bonds. The lowest BCUT2D eigenvalue weighted by Crippen LogP contribution is -2.63. The van der Waals surface area contributed by atoms with Crippen molar-refractivity contribution in [2.24, 2.45) is 5.92 Å². The fourth-order valence-corrected chi connectivity index (χ4v) is 2.13. The summed E-state index contributed by atoms with van der Waals surface area (Å²) >= 11 is 0. The standard InChI is InChI=1S/C9H10F6N2O4/c10-8(11,12)5(9(13,14)15)4-3-16(6(18)19)1-2-17(4)7(20)21/h4-5H,1-3H2,(H,18,19)(H,20,21). The largest absolute Gasteiger partial charge is 0.465 e. The lowest BCUT2D eigenvalue weighted by molar-refractivity contribution is -0.299. The summed E-state index contributed by atoms with van der Waals surface area (Å²) in [5.41, 5.74) is 0.